The third-order valence-electron chi connectivity index (χ3n) is 2.96. The first-order chi connectivity index (χ1) is 7.24. The molecule has 0 aliphatic carbocycles. The molecule has 0 fully saturated rings. The second kappa shape index (κ2) is 4.24. The third-order valence-corrected chi connectivity index (χ3v) is 2.96. The summed E-state index contributed by atoms with van der Waals surface area (Å²) in [6.07, 6.45) is 3.33. The van der Waals surface area contributed by atoms with Gasteiger partial charge in [-0.1, -0.05) is 0 Å². The van der Waals surface area contributed by atoms with E-state index in [1.54, 1.807) is 7.11 Å². The zero-order valence-electron chi connectivity index (χ0n) is 9.44. The van der Waals surface area contributed by atoms with Gasteiger partial charge in [-0.2, -0.15) is 0 Å². The van der Waals surface area contributed by atoms with Gasteiger partial charge in [-0.3, -0.25) is 0 Å². The van der Waals surface area contributed by atoms with Crippen LogP contribution >= 0.6 is 0 Å². The Morgan fingerprint density at radius 3 is 3.07 bits per heavy atom. The molecular formula is C11H19N3O. The molecule has 1 atom stereocenters. The minimum Gasteiger partial charge on any atom is -0.383 e. The largest absolute Gasteiger partial charge is 0.383 e. The van der Waals surface area contributed by atoms with E-state index < -0.39 is 0 Å². The van der Waals surface area contributed by atoms with Gasteiger partial charge in [0, 0.05) is 39.0 Å². The Bertz CT molecular complexity index is 335. The summed E-state index contributed by atoms with van der Waals surface area (Å²) >= 11 is 0. The van der Waals surface area contributed by atoms with Crippen molar-refractivity contribution < 1.29 is 4.74 Å². The highest BCUT2D eigenvalue weighted by molar-refractivity contribution is 5.51. The molecule has 0 aromatic carbocycles. The highest BCUT2D eigenvalue weighted by Gasteiger charge is 2.20. The molecule has 4 heteroatoms. The predicted molar refractivity (Wildman–Crippen MR) is 61.1 cm³/mol. The van der Waals surface area contributed by atoms with Gasteiger partial charge in [0.05, 0.1) is 12.6 Å². The third kappa shape index (κ3) is 1.87. The topological polar surface area (TPSA) is 43.4 Å². The number of nitrogens with two attached hydrogens (primary N) is 1. The monoisotopic (exact) mass is 209 g/mol. The van der Waals surface area contributed by atoms with Crippen molar-refractivity contribution in [3.05, 3.63) is 17.8 Å². The van der Waals surface area contributed by atoms with Gasteiger partial charge in [0.1, 0.15) is 5.82 Å². The van der Waals surface area contributed by atoms with Crippen molar-refractivity contribution in [1.29, 1.82) is 0 Å². The standard InChI is InChI=1S/C11H19N3O/c1-13-5-3-6-14-7-4-9(11(13)14)10(12)8-15-2/h4,7,10H,3,5-6,8,12H2,1-2H3. The van der Waals surface area contributed by atoms with Crippen molar-refractivity contribution in [2.75, 3.05) is 32.2 Å². The Balaban J connectivity index is 2.28. The summed E-state index contributed by atoms with van der Waals surface area (Å²) < 4.78 is 7.37. The van der Waals surface area contributed by atoms with E-state index in [2.05, 4.69) is 28.8 Å². The molecule has 4 nitrogen and oxygen atoms in total. The van der Waals surface area contributed by atoms with Crippen molar-refractivity contribution in [3.63, 3.8) is 0 Å². The summed E-state index contributed by atoms with van der Waals surface area (Å²) in [5, 5.41) is 0. The van der Waals surface area contributed by atoms with Gasteiger partial charge in [0.2, 0.25) is 0 Å². The lowest BCUT2D eigenvalue weighted by Crippen LogP contribution is -2.30. The maximum Gasteiger partial charge on any atom is 0.113 e. The number of rotatable bonds is 3. The van der Waals surface area contributed by atoms with Crippen LogP contribution in [0, 0.1) is 0 Å². The molecule has 0 bridgehead atoms. The molecule has 0 amide bonds. The molecule has 2 rings (SSSR count). The summed E-state index contributed by atoms with van der Waals surface area (Å²) in [5.74, 6) is 1.26. The SMILES string of the molecule is COCC(N)c1ccn2c1N(C)CCC2. The van der Waals surface area contributed by atoms with Gasteiger partial charge in [-0.05, 0) is 12.5 Å². The first kappa shape index (κ1) is 10.5. The average Bonchev–Trinajstić information content (AvgIpc) is 2.63. The lowest BCUT2D eigenvalue weighted by molar-refractivity contribution is 0.181. The van der Waals surface area contributed by atoms with Gasteiger partial charge in [0.15, 0.2) is 0 Å². The minimum absolute atomic E-state index is 0.0215. The molecule has 15 heavy (non-hydrogen) atoms. The maximum absolute atomic E-state index is 6.07. The first-order valence-corrected chi connectivity index (χ1v) is 5.38. The molecule has 1 unspecified atom stereocenters. The minimum atomic E-state index is -0.0215. The normalized spacial score (nSPS) is 17.7. The average molecular weight is 209 g/mol. The van der Waals surface area contributed by atoms with Gasteiger partial charge in [-0.15, -0.1) is 0 Å². The van der Waals surface area contributed by atoms with Gasteiger partial charge >= 0.3 is 0 Å². The van der Waals surface area contributed by atoms with Crippen LogP contribution < -0.4 is 10.6 Å². The van der Waals surface area contributed by atoms with E-state index in [0.717, 1.165) is 13.1 Å². The molecule has 1 aliphatic rings. The Labute approximate surface area is 90.6 Å². The molecule has 2 N–H and O–H groups in total. The number of methoxy groups -OCH3 is 1. The summed E-state index contributed by atoms with van der Waals surface area (Å²) in [6, 6.07) is 2.09. The molecule has 0 spiro atoms. The molecule has 1 aromatic rings. The van der Waals surface area contributed by atoms with Crippen molar-refractivity contribution in [2.45, 2.75) is 19.0 Å². The second-order valence-corrected chi connectivity index (χ2v) is 4.13. The number of hydrogen-bond acceptors (Lipinski definition) is 3. The fourth-order valence-electron chi connectivity index (χ4n) is 2.24. The van der Waals surface area contributed by atoms with Gasteiger partial charge < -0.3 is 19.9 Å². The fraction of sp³-hybridized carbons (Fsp3) is 0.636. The molecule has 0 radical (unpaired) electrons. The molecule has 2 heterocycles. The molecule has 84 valence electrons. The van der Waals surface area contributed by atoms with Crippen molar-refractivity contribution >= 4 is 5.82 Å². The Morgan fingerprint density at radius 2 is 2.33 bits per heavy atom. The van der Waals surface area contributed by atoms with Gasteiger partial charge in [-0.25, -0.2) is 0 Å². The van der Waals surface area contributed by atoms with E-state index in [9.17, 15) is 0 Å². The highest BCUT2D eigenvalue weighted by atomic mass is 16.5. The predicted octanol–water partition coefficient (Wildman–Crippen LogP) is 0.974. The molecular weight excluding hydrogens is 190 g/mol. The summed E-state index contributed by atoms with van der Waals surface area (Å²) in [5.41, 5.74) is 7.26. The molecule has 1 aromatic heterocycles. The highest BCUT2D eigenvalue weighted by Crippen LogP contribution is 2.29. The fourth-order valence-corrected chi connectivity index (χ4v) is 2.24. The number of ether oxygens (including phenoxy) is 1. The van der Waals surface area contributed by atoms with E-state index in [-0.39, 0.29) is 6.04 Å². The lowest BCUT2D eigenvalue weighted by Gasteiger charge is -2.29. The van der Waals surface area contributed by atoms with E-state index in [4.69, 9.17) is 10.5 Å². The molecule has 1 aliphatic heterocycles. The zero-order valence-corrected chi connectivity index (χ0v) is 9.44. The second-order valence-electron chi connectivity index (χ2n) is 4.13. The first-order valence-electron chi connectivity index (χ1n) is 5.38. The van der Waals surface area contributed by atoms with E-state index in [1.165, 1.54) is 17.8 Å². The molecule has 0 saturated carbocycles. The van der Waals surface area contributed by atoms with Crippen LogP contribution in [-0.2, 0) is 11.3 Å². The van der Waals surface area contributed by atoms with Crippen LogP contribution in [-0.4, -0.2) is 31.9 Å². The molecule has 0 saturated heterocycles. The van der Waals surface area contributed by atoms with Crippen molar-refractivity contribution in [3.8, 4) is 0 Å². The Morgan fingerprint density at radius 1 is 1.53 bits per heavy atom. The van der Waals surface area contributed by atoms with Crippen molar-refractivity contribution in [2.24, 2.45) is 5.73 Å². The van der Waals surface area contributed by atoms with E-state index >= 15 is 0 Å². The summed E-state index contributed by atoms with van der Waals surface area (Å²) in [4.78, 5) is 2.27. The Kier molecular flexibility index (Phi) is 2.98. The zero-order chi connectivity index (χ0) is 10.8. The Hall–Kier alpha value is -1.00. The van der Waals surface area contributed by atoms with Crippen LogP contribution in [0.25, 0.3) is 0 Å². The van der Waals surface area contributed by atoms with Crippen LogP contribution in [0.5, 0.6) is 0 Å². The maximum atomic E-state index is 6.07. The summed E-state index contributed by atoms with van der Waals surface area (Å²) in [7, 11) is 3.81. The van der Waals surface area contributed by atoms with E-state index in [0.29, 0.717) is 6.61 Å². The smallest absolute Gasteiger partial charge is 0.113 e. The van der Waals surface area contributed by atoms with Crippen LogP contribution in [0.15, 0.2) is 12.3 Å². The van der Waals surface area contributed by atoms with Crippen LogP contribution in [0.4, 0.5) is 5.82 Å². The number of anilines is 1. The van der Waals surface area contributed by atoms with E-state index in [1.807, 2.05) is 0 Å². The van der Waals surface area contributed by atoms with Crippen LogP contribution in [0.1, 0.15) is 18.0 Å². The number of fused-ring (bicyclic) bond motifs is 1. The lowest BCUT2D eigenvalue weighted by atomic mass is 10.1. The number of aromatic nitrogens is 1. The number of hydrogen-bond donors (Lipinski definition) is 1. The van der Waals surface area contributed by atoms with Crippen LogP contribution in [0.2, 0.25) is 0 Å². The summed E-state index contributed by atoms with van der Waals surface area (Å²) in [6.45, 7) is 2.78. The quantitative estimate of drug-likeness (QED) is 0.807. The van der Waals surface area contributed by atoms with Crippen molar-refractivity contribution in [1.82, 2.24) is 4.57 Å². The van der Waals surface area contributed by atoms with Gasteiger partial charge in [0.25, 0.3) is 0 Å². The number of nitrogens with zero attached hydrogens (tertiary/aromatic N) is 2. The van der Waals surface area contributed by atoms with Crippen LogP contribution in [0.3, 0.4) is 0 Å². The number of aryl methyl sites for hydroxylation is 1.